The summed E-state index contributed by atoms with van der Waals surface area (Å²) in [5.74, 6) is 0.902. The molecule has 132 valence electrons. The van der Waals surface area contributed by atoms with Crippen LogP contribution in [0.4, 0.5) is 0 Å². The number of rotatable bonds is 6. The minimum Gasteiger partial charge on any atom is -0.493 e. The second kappa shape index (κ2) is 8.11. The van der Waals surface area contributed by atoms with Crippen LogP contribution < -0.4 is 14.8 Å². The van der Waals surface area contributed by atoms with Gasteiger partial charge in [0, 0.05) is 24.5 Å². The highest BCUT2D eigenvalue weighted by atomic mass is 16.5. The highest BCUT2D eigenvalue weighted by Gasteiger charge is 2.10. The van der Waals surface area contributed by atoms with Crippen molar-refractivity contribution in [3.05, 3.63) is 72.1 Å². The molecule has 1 aromatic carbocycles. The zero-order valence-electron chi connectivity index (χ0n) is 14.6. The monoisotopic (exact) mass is 349 g/mol. The van der Waals surface area contributed by atoms with Crippen molar-refractivity contribution in [2.24, 2.45) is 0 Å². The molecule has 2 heterocycles. The minimum atomic E-state index is -0.195. The van der Waals surface area contributed by atoms with Crippen LogP contribution in [-0.2, 0) is 6.54 Å². The van der Waals surface area contributed by atoms with Gasteiger partial charge in [-0.1, -0.05) is 12.1 Å². The third-order valence-corrected chi connectivity index (χ3v) is 3.85. The molecule has 0 spiro atoms. The number of methoxy groups -OCH3 is 2. The maximum Gasteiger partial charge on any atom is 0.251 e. The molecule has 0 saturated heterocycles. The Morgan fingerprint density at radius 1 is 0.962 bits per heavy atom. The third-order valence-electron chi connectivity index (χ3n) is 3.85. The maximum atomic E-state index is 12.3. The summed E-state index contributed by atoms with van der Waals surface area (Å²) in [4.78, 5) is 21.0. The number of benzene rings is 1. The van der Waals surface area contributed by atoms with E-state index in [0.717, 1.165) is 17.0 Å². The van der Waals surface area contributed by atoms with Crippen LogP contribution in [0.3, 0.4) is 0 Å². The topological polar surface area (TPSA) is 73.3 Å². The molecular formula is C20H19N3O3. The van der Waals surface area contributed by atoms with Crippen LogP contribution >= 0.6 is 0 Å². The lowest BCUT2D eigenvalue weighted by molar-refractivity contribution is 0.0950. The summed E-state index contributed by atoms with van der Waals surface area (Å²) in [6.45, 7) is 0.378. The Kier molecular flexibility index (Phi) is 5.43. The van der Waals surface area contributed by atoms with Crippen molar-refractivity contribution in [2.75, 3.05) is 14.2 Å². The van der Waals surface area contributed by atoms with E-state index in [4.69, 9.17) is 9.47 Å². The van der Waals surface area contributed by atoms with Gasteiger partial charge in [0.2, 0.25) is 0 Å². The minimum absolute atomic E-state index is 0.195. The molecule has 1 N–H and O–H groups in total. The van der Waals surface area contributed by atoms with Crippen molar-refractivity contribution >= 4 is 5.91 Å². The zero-order valence-corrected chi connectivity index (χ0v) is 14.6. The Balaban J connectivity index is 1.64. The number of nitrogens with one attached hydrogen (secondary N) is 1. The number of carbonyl (C=O) groups is 1. The lowest BCUT2D eigenvalue weighted by Crippen LogP contribution is -2.22. The van der Waals surface area contributed by atoms with E-state index in [-0.39, 0.29) is 5.91 Å². The number of nitrogens with zero attached hydrogens (tertiary/aromatic N) is 2. The fourth-order valence-electron chi connectivity index (χ4n) is 2.46. The fourth-order valence-corrected chi connectivity index (χ4v) is 2.46. The Bertz CT molecular complexity index is 881. The summed E-state index contributed by atoms with van der Waals surface area (Å²) < 4.78 is 10.4. The number of ether oxygens (including phenoxy) is 2. The Morgan fingerprint density at radius 3 is 2.42 bits per heavy atom. The van der Waals surface area contributed by atoms with E-state index in [1.807, 2.05) is 30.3 Å². The summed E-state index contributed by atoms with van der Waals surface area (Å²) in [5.41, 5.74) is 3.01. The molecule has 1 amide bonds. The zero-order chi connectivity index (χ0) is 18.4. The average molecular weight is 349 g/mol. The lowest BCUT2D eigenvalue weighted by atomic mass is 10.1. The van der Waals surface area contributed by atoms with Crippen LogP contribution in [0.25, 0.3) is 11.4 Å². The van der Waals surface area contributed by atoms with E-state index >= 15 is 0 Å². The molecule has 0 saturated carbocycles. The van der Waals surface area contributed by atoms with E-state index in [1.54, 1.807) is 37.7 Å². The Morgan fingerprint density at radius 2 is 1.77 bits per heavy atom. The molecule has 3 rings (SSSR count). The lowest BCUT2D eigenvalue weighted by Gasteiger charge is -2.10. The number of carbonyl (C=O) groups excluding carboxylic acids is 1. The molecule has 0 atom stereocenters. The quantitative estimate of drug-likeness (QED) is 0.740. The van der Waals surface area contributed by atoms with Crippen molar-refractivity contribution in [1.29, 1.82) is 0 Å². The van der Waals surface area contributed by atoms with Crippen LogP contribution in [0.2, 0.25) is 0 Å². The first-order valence-electron chi connectivity index (χ1n) is 8.08. The van der Waals surface area contributed by atoms with Crippen LogP contribution in [0.1, 0.15) is 15.9 Å². The predicted octanol–water partition coefficient (Wildman–Crippen LogP) is 3.09. The van der Waals surface area contributed by atoms with Gasteiger partial charge in [0.05, 0.1) is 25.6 Å². The highest BCUT2D eigenvalue weighted by molar-refractivity contribution is 5.94. The van der Waals surface area contributed by atoms with Gasteiger partial charge in [-0.2, -0.15) is 0 Å². The molecular weight excluding hydrogens is 330 g/mol. The smallest absolute Gasteiger partial charge is 0.251 e. The van der Waals surface area contributed by atoms with Gasteiger partial charge in [-0.05, 0) is 42.0 Å². The van der Waals surface area contributed by atoms with Crippen LogP contribution in [-0.4, -0.2) is 30.1 Å². The van der Waals surface area contributed by atoms with Crippen molar-refractivity contribution in [3.63, 3.8) is 0 Å². The first kappa shape index (κ1) is 17.4. The van der Waals surface area contributed by atoms with Gasteiger partial charge < -0.3 is 14.8 Å². The summed E-state index contributed by atoms with van der Waals surface area (Å²) in [6.07, 6.45) is 3.47. The number of aromatic nitrogens is 2. The molecule has 0 aliphatic carbocycles. The van der Waals surface area contributed by atoms with Crippen molar-refractivity contribution in [2.45, 2.75) is 6.54 Å². The van der Waals surface area contributed by atoms with Gasteiger partial charge >= 0.3 is 0 Å². The number of pyridine rings is 2. The molecule has 6 heteroatoms. The fraction of sp³-hybridized carbons (Fsp3) is 0.150. The molecule has 6 nitrogen and oxygen atoms in total. The standard InChI is InChI=1S/C20H19N3O3/c1-25-18-9-7-15(11-19(18)26-2)20(24)23-13-14-6-8-17(22-12-14)16-5-3-4-10-21-16/h3-12H,13H2,1-2H3,(H,23,24). The van der Waals surface area contributed by atoms with E-state index < -0.39 is 0 Å². The van der Waals surface area contributed by atoms with Crippen LogP contribution in [0.5, 0.6) is 11.5 Å². The molecule has 3 aromatic rings. The van der Waals surface area contributed by atoms with E-state index in [1.165, 1.54) is 7.11 Å². The van der Waals surface area contributed by atoms with Gasteiger partial charge in [-0.15, -0.1) is 0 Å². The molecule has 0 radical (unpaired) electrons. The van der Waals surface area contributed by atoms with E-state index in [0.29, 0.717) is 23.6 Å². The summed E-state index contributed by atoms with van der Waals surface area (Å²) in [7, 11) is 3.09. The molecule has 0 fully saturated rings. The van der Waals surface area contributed by atoms with Crippen LogP contribution in [0, 0.1) is 0 Å². The van der Waals surface area contributed by atoms with Gasteiger partial charge in [0.15, 0.2) is 11.5 Å². The average Bonchev–Trinajstić information content (AvgIpc) is 2.72. The van der Waals surface area contributed by atoms with Gasteiger partial charge in [-0.3, -0.25) is 14.8 Å². The Hall–Kier alpha value is -3.41. The highest BCUT2D eigenvalue weighted by Crippen LogP contribution is 2.27. The van der Waals surface area contributed by atoms with Crippen molar-refractivity contribution < 1.29 is 14.3 Å². The van der Waals surface area contributed by atoms with Crippen molar-refractivity contribution in [3.8, 4) is 22.9 Å². The molecule has 0 aliphatic heterocycles. The molecule has 0 aliphatic rings. The number of amides is 1. The molecule has 0 bridgehead atoms. The van der Waals surface area contributed by atoms with Crippen LogP contribution in [0.15, 0.2) is 60.9 Å². The molecule has 26 heavy (non-hydrogen) atoms. The van der Waals surface area contributed by atoms with Gasteiger partial charge in [-0.25, -0.2) is 0 Å². The number of hydrogen-bond acceptors (Lipinski definition) is 5. The van der Waals surface area contributed by atoms with Crippen molar-refractivity contribution in [1.82, 2.24) is 15.3 Å². The normalized spacial score (nSPS) is 10.2. The second-order valence-corrected chi connectivity index (χ2v) is 5.52. The van der Waals surface area contributed by atoms with E-state index in [2.05, 4.69) is 15.3 Å². The first-order chi connectivity index (χ1) is 12.7. The SMILES string of the molecule is COc1ccc(C(=O)NCc2ccc(-c3ccccn3)nc2)cc1OC. The summed E-state index contributed by atoms with van der Waals surface area (Å²) in [5, 5.41) is 2.87. The van der Waals surface area contributed by atoms with E-state index in [9.17, 15) is 4.79 Å². The largest absolute Gasteiger partial charge is 0.493 e. The summed E-state index contributed by atoms with van der Waals surface area (Å²) >= 11 is 0. The van der Waals surface area contributed by atoms with Gasteiger partial charge in [0.25, 0.3) is 5.91 Å². The first-order valence-corrected chi connectivity index (χ1v) is 8.08. The molecule has 0 unspecified atom stereocenters. The third kappa shape index (κ3) is 3.97. The summed E-state index contributed by atoms with van der Waals surface area (Å²) in [6, 6.07) is 14.5. The number of hydrogen-bond donors (Lipinski definition) is 1. The predicted molar refractivity (Wildman–Crippen MR) is 98.2 cm³/mol. The Labute approximate surface area is 151 Å². The second-order valence-electron chi connectivity index (χ2n) is 5.52. The van der Waals surface area contributed by atoms with Gasteiger partial charge in [0.1, 0.15) is 0 Å². The maximum absolute atomic E-state index is 12.3. The molecule has 2 aromatic heterocycles.